The van der Waals surface area contributed by atoms with Crippen molar-refractivity contribution in [2.24, 2.45) is 0 Å². The van der Waals surface area contributed by atoms with Gasteiger partial charge in [0.15, 0.2) is 0 Å². The average molecular weight is 260 g/mol. The molecule has 0 unspecified atom stereocenters. The lowest BCUT2D eigenvalue weighted by Gasteiger charge is -2.26. The molecule has 0 amide bonds. The molecular weight excluding hydrogens is 241 g/mol. The quantitative estimate of drug-likeness (QED) is 0.849. The lowest BCUT2D eigenvalue weighted by molar-refractivity contribution is 0.183. The van der Waals surface area contributed by atoms with Crippen LogP contribution in [0, 0.1) is 5.82 Å². The molecule has 0 saturated heterocycles. The van der Waals surface area contributed by atoms with E-state index >= 15 is 0 Å². The van der Waals surface area contributed by atoms with Crippen LogP contribution in [0.2, 0.25) is 5.02 Å². The molecule has 0 radical (unpaired) electrons. The van der Waals surface area contributed by atoms with E-state index in [1.165, 1.54) is 0 Å². The van der Waals surface area contributed by atoms with E-state index in [9.17, 15) is 4.39 Å². The lowest BCUT2D eigenvalue weighted by atomic mass is 10.1. The molecular formula is C13H19ClFNO. The molecule has 17 heavy (non-hydrogen) atoms. The zero-order valence-corrected chi connectivity index (χ0v) is 11.0. The molecule has 0 saturated carbocycles. The Bertz CT molecular complexity index is 357. The highest BCUT2D eigenvalue weighted by molar-refractivity contribution is 6.30. The van der Waals surface area contributed by atoms with Crippen LogP contribution in [0.1, 0.15) is 25.8 Å². The van der Waals surface area contributed by atoms with E-state index < -0.39 is 0 Å². The van der Waals surface area contributed by atoms with Gasteiger partial charge in [-0.3, -0.25) is 4.90 Å². The smallest absolute Gasteiger partial charge is 0.146 e. The Labute approximate surface area is 107 Å². The molecule has 0 aliphatic heterocycles. The zero-order valence-electron chi connectivity index (χ0n) is 10.3. The van der Waals surface area contributed by atoms with Gasteiger partial charge >= 0.3 is 0 Å². The fourth-order valence-corrected chi connectivity index (χ4v) is 1.88. The van der Waals surface area contributed by atoms with Crippen LogP contribution in [0.4, 0.5) is 4.39 Å². The Morgan fingerprint density at radius 3 is 2.71 bits per heavy atom. The van der Waals surface area contributed by atoms with Crippen LogP contribution in [0.15, 0.2) is 18.2 Å². The second-order valence-corrected chi connectivity index (χ2v) is 4.76. The topological polar surface area (TPSA) is 23.5 Å². The number of benzene rings is 1. The third kappa shape index (κ3) is 4.26. The second-order valence-electron chi connectivity index (χ2n) is 4.35. The van der Waals surface area contributed by atoms with Gasteiger partial charge in [0.1, 0.15) is 5.82 Å². The Hall–Kier alpha value is -0.640. The molecule has 0 aromatic heterocycles. The third-order valence-corrected chi connectivity index (χ3v) is 3.03. The number of hydrogen-bond donors (Lipinski definition) is 1. The van der Waals surface area contributed by atoms with Gasteiger partial charge in [-0.2, -0.15) is 0 Å². The van der Waals surface area contributed by atoms with Crippen LogP contribution in [0.3, 0.4) is 0 Å². The fraction of sp³-hybridized carbons (Fsp3) is 0.538. The van der Waals surface area contributed by atoms with Crippen LogP contribution in [-0.4, -0.2) is 29.2 Å². The van der Waals surface area contributed by atoms with Crippen molar-refractivity contribution in [1.29, 1.82) is 0 Å². The molecule has 96 valence electrons. The first-order chi connectivity index (χ1) is 8.06. The third-order valence-electron chi connectivity index (χ3n) is 2.74. The van der Waals surface area contributed by atoms with E-state index in [1.54, 1.807) is 18.2 Å². The second kappa shape index (κ2) is 6.94. The van der Waals surface area contributed by atoms with Gasteiger partial charge < -0.3 is 5.11 Å². The van der Waals surface area contributed by atoms with Crippen molar-refractivity contribution in [2.75, 3.05) is 13.2 Å². The Balaban J connectivity index is 2.75. The zero-order chi connectivity index (χ0) is 12.8. The first-order valence-electron chi connectivity index (χ1n) is 5.84. The Morgan fingerprint density at radius 2 is 2.12 bits per heavy atom. The summed E-state index contributed by atoms with van der Waals surface area (Å²) in [6.07, 6.45) is 0.695. The van der Waals surface area contributed by atoms with Gasteiger partial charge in [-0.1, -0.05) is 23.7 Å². The number of aliphatic hydroxyl groups excluding tert-OH is 1. The van der Waals surface area contributed by atoms with Crippen molar-refractivity contribution < 1.29 is 9.50 Å². The number of hydrogen-bond acceptors (Lipinski definition) is 2. The molecule has 0 bridgehead atoms. The molecule has 0 spiro atoms. The van der Waals surface area contributed by atoms with Gasteiger partial charge in [0.05, 0.1) is 5.02 Å². The van der Waals surface area contributed by atoms with E-state index in [4.69, 9.17) is 16.7 Å². The first-order valence-corrected chi connectivity index (χ1v) is 6.22. The van der Waals surface area contributed by atoms with Crippen LogP contribution in [0.5, 0.6) is 0 Å². The number of halogens is 2. The normalized spacial score (nSPS) is 11.5. The molecule has 0 aliphatic rings. The van der Waals surface area contributed by atoms with E-state index in [0.29, 0.717) is 24.6 Å². The number of rotatable bonds is 6. The maximum absolute atomic E-state index is 13.7. The van der Waals surface area contributed by atoms with E-state index in [1.807, 2.05) is 0 Å². The van der Waals surface area contributed by atoms with Crippen molar-refractivity contribution >= 4 is 11.6 Å². The minimum Gasteiger partial charge on any atom is -0.396 e. The first kappa shape index (κ1) is 14.4. The minimum atomic E-state index is -0.344. The summed E-state index contributed by atoms with van der Waals surface area (Å²) in [4.78, 5) is 2.12. The van der Waals surface area contributed by atoms with Crippen molar-refractivity contribution in [2.45, 2.75) is 32.9 Å². The molecule has 1 N–H and O–H groups in total. The van der Waals surface area contributed by atoms with E-state index in [2.05, 4.69) is 18.7 Å². The van der Waals surface area contributed by atoms with Crippen LogP contribution in [-0.2, 0) is 6.54 Å². The summed E-state index contributed by atoms with van der Waals surface area (Å²) >= 11 is 5.75. The van der Waals surface area contributed by atoms with Gasteiger partial charge in [0.25, 0.3) is 0 Å². The van der Waals surface area contributed by atoms with Gasteiger partial charge in [-0.05, 0) is 26.3 Å². The van der Waals surface area contributed by atoms with E-state index in [-0.39, 0.29) is 17.4 Å². The summed E-state index contributed by atoms with van der Waals surface area (Å²) in [6.45, 7) is 5.53. The molecule has 1 aromatic carbocycles. The molecule has 0 fully saturated rings. The fourth-order valence-electron chi connectivity index (χ4n) is 1.68. The van der Waals surface area contributed by atoms with Crippen molar-refractivity contribution in [3.63, 3.8) is 0 Å². The van der Waals surface area contributed by atoms with Crippen LogP contribution in [0.25, 0.3) is 0 Å². The molecule has 1 aromatic rings. The highest BCUT2D eigenvalue weighted by Crippen LogP contribution is 2.20. The summed E-state index contributed by atoms with van der Waals surface area (Å²) in [5.74, 6) is -0.344. The highest BCUT2D eigenvalue weighted by atomic mass is 35.5. The van der Waals surface area contributed by atoms with Gasteiger partial charge in [0, 0.05) is 31.3 Å². The van der Waals surface area contributed by atoms with Gasteiger partial charge in [-0.25, -0.2) is 4.39 Å². The summed E-state index contributed by atoms with van der Waals surface area (Å²) in [5.41, 5.74) is 0.601. The largest absolute Gasteiger partial charge is 0.396 e. The van der Waals surface area contributed by atoms with E-state index in [0.717, 1.165) is 6.54 Å². The maximum Gasteiger partial charge on any atom is 0.146 e. The Kier molecular flexibility index (Phi) is 5.89. The monoisotopic (exact) mass is 259 g/mol. The molecule has 0 atom stereocenters. The molecule has 0 aliphatic carbocycles. The maximum atomic E-state index is 13.7. The predicted octanol–water partition coefficient (Wildman–Crippen LogP) is 3.07. The molecule has 0 heterocycles. The van der Waals surface area contributed by atoms with Crippen molar-refractivity contribution in [3.8, 4) is 0 Å². The number of aliphatic hydroxyl groups is 1. The predicted molar refractivity (Wildman–Crippen MR) is 68.7 cm³/mol. The standard InChI is InChI=1S/C13H19ClFNO/c1-10(2)16(7-4-8-17)9-11-5-3-6-12(14)13(11)15/h3,5-6,10,17H,4,7-9H2,1-2H3. The highest BCUT2D eigenvalue weighted by Gasteiger charge is 2.13. The van der Waals surface area contributed by atoms with Gasteiger partial charge in [0.2, 0.25) is 0 Å². The summed E-state index contributed by atoms with van der Waals surface area (Å²) in [5, 5.41) is 9.00. The van der Waals surface area contributed by atoms with Crippen molar-refractivity contribution in [3.05, 3.63) is 34.6 Å². The van der Waals surface area contributed by atoms with Crippen LogP contribution < -0.4 is 0 Å². The van der Waals surface area contributed by atoms with Crippen molar-refractivity contribution in [1.82, 2.24) is 4.90 Å². The number of nitrogens with zero attached hydrogens (tertiary/aromatic N) is 1. The summed E-state index contributed by atoms with van der Waals surface area (Å²) < 4.78 is 13.7. The summed E-state index contributed by atoms with van der Waals surface area (Å²) in [7, 11) is 0. The molecule has 4 heteroatoms. The minimum absolute atomic E-state index is 0.154. The van der Waals surface area contributed by atoms with Gasteiger partial charge in [-0.15, -0.1) is 0 Å². The molecule has 2 nitrogen and oxygen atoms in total. The average Bonchev–Trinajstić information content (AvgIpc) is 2.29. The van der Waals surface area contributed by atoms with Crippen LogP contribution >= 0.6 is 11.6 Å². The lowest BCUT2D eigenvalue weighted by Crippen LogP contribution is -2.32. The summed E-state index contributed by atoms with van der Waals surface area (Å²) in [6, 6.07) is 5.36. The molecule has 1 rings (SSSR count). The Morgan fingerprint density at radius 1 is 1.41 bits per heavy atom. The SMILES string of the molecule is CC(C)N(CCCO)Cc1cccc(Cl)c1F.